The van der Waals surface area contributed by atoms with Crippen molar-refractivity contribution in [2.45, 2.75) is 90.4 Å². The summed E-state index contributed by atoms with van der Waals surface area (Å²) in [4.78, 5) is 61.0. The Morgan fingerprint density at radius 3 is 2.12 bits per heavy atom. The van der Waals surface area contributed by atoms with E-state index in [-0.39, 0.29) is 31.1 Å². The van der Waals surface area contributed by atoms with Crippen LogP contribution in [0.15, 0.2) is 0 Å². The van der Waals surface area contributed by atoms with Crippen LogP contribution in [0.4, 0.5) is 0 Å². The normalized spacial score (nSPS) is 19.2. The lowest BCUT2D eigenvalue weighted by Gasteiger charge is -2.28. The molecule has 0 radical (unpaired) electrons. The third-order valence-electron chi connectivity index (χ3n) is 5.77. The molecule has 5 atom stereocenters. The monoisotopic (exact) mass is 470 g/mol. The van der Waals surface area contributed by atoms with Gasteiger partial charge in [0.1, 0.15) is 18.1 Å². The van der Waals surface area contributed by atoms with Crippen LogP contribution in [0, 0.1) is 11.8 Å². The second-order valence-electron chi connectivity index (χ2n) is 9.04. The van der Waals surface area contributed by atoms with Crippen molar-refractivity contribution in [2.75, 3.05) is 6.54 Å². The van der Waals surface area contributed by atoms with E-state index in [9.17, 15) is 29.1 Å². The van der Waals surface area contributed by atoms with Gasteiger partial charge in [-0.3, -0.25) is 19.2 Å². The number of carbonyl (C=O) groups is 5. The van der Waals surface area contributed by atoms with Gasteiger partial charge in [-0.1, -0.05) is 34.1 Å². The van der Waals surface area contributed by atoms with Crippen LogP contribution in [-0.4, -0.2) is 70.6 Å². The minimum atomic E-state index is -1.16. The lowest BCUT2D eigenvalue weighted by atomic mass is 9.96. The minimum Gasteiger partial charge on any atom is -0.481 e. The number of aliphatic carboxylic acids is 2. The van der Waals surface area contributed by atoms with Gasteiger partial charge in [0, 0.05) is 6.42 Å². The SMILES string of the molecule is CCC(C)C(NC(=O)C(CCC(=O)O)NC(=O)C1CCCN1)C(=O)NC(CC(C)C)C(=O)O. The standard InChI is InChI=1S/C22H38N4O7/c1-5-13(4)18(21(31)25-16(22(32)33)11-12(2)3)26-20(30)15(8-9-17(27)28)24-19(29)14-7-6-10-23-14/h12-16,18,23H,5-11H2,1-4H3,(H,24,29)(H,25,31)(H,26,30)(H,27,28)(H,32,33). The molecule has 5 unspecified atom stereocenters. The molecule has 0 aliphatic carbocycles. The van der Waals surface area contributed by atoms with E-state index in [0.717, 1.165) is 6.42 Å². The van der Waals surface area contributed by atoms with Crippen LogP contribution in [0.1, 0.15) is 66.2 Å². The fourth-order valence-electron chi connectivity index (χ4n) is 3.63. The number of carbonyl (C=O) groups excluding carboxylic acids is 3. The van der Waals surface area contributed by atoms with Crippen molar-refractivity contribution in [1.82, 2.24) is 21.3 Å². The fraction of sp³-hybridized carbons (Fsp3) is 0.773. The summed E-state index contributed by atoms with van der Waals surface area (Å²) in [7, 11) is 0. The van der Waals surface area contributed by atoms with Gasteiger partial charge in [0.15, 0.2) is 0 Å². The van der Waals surface area contributed by atoms with Gasteiger partial charge in [-0.15, -0.1) is 0 Å². The number of hydrogen-bond acceptors (Lipinski definition) is 6. The Labute approximate surface area is 194 Å². The Morgan fingerprint density at radius 1 is 0.970 bits per heavy atom. The zero-order chi connectivity index (χ0) is 25.1. The first-order chi connectivity index (χ1) is 15.5. The van der Waals surface area contributed by atoms with Gasteiger partial charge >= 0.3 is 11.9 Å². The van der Waals surface area contributed by atoms with Crippen molar-refractivity contribution in [1.29, 1.82) is 0 Å². The summed E-state index contributed by atoms with van der Waals surface area (Å²) in [5.41, 5.74) is 0. The quantitative estimate of drug-likeness (QED) is 0.209. The largest absolute Gasteiger partial charge is 0.481 e. The third-order valence-corrected chi connectivity index (χ3v) is 5.77. The van der Waals surface area contributed by atoms with Crippen LogP contribution in [0.3, 0.4) is 0 Å². The molecular weight excluding hydrogens is 432 g/mol. The molecule has 11 heteroatoms. The van der Waals surface area contributed by atoms with E-state index in [1.54, 1.807) is 6.92 Å². The second-order valence-corrected chi connectivity index (χ2v) is 9.04. The minimum absolute atomic E-state index is 0.0304. The van der Waals surface area contributed by atoms with E-state index < -0.39 is 53.8 Å². The third kappa shape index (κ3) is 9.77. The summed E-state index contributed by atoms with van der Waals surface area (Å²) in [5, 5.41) is 29.2. The fourth-order valence-corrected chi connectivity index (χ4v) is 3.63. The molecule has 0 bridgehead atoms. The van der Waals surface area contributed by atoms with Crippen LogP contribution in [0.2, 0.25) is 0 Å². The second kappa shape index (κ2) is 13.8. The zero-order valence-electron chi connectivity index (χ0n) is 19.8. The Kier molecular flexibility index (Phi) is 11.8. The first kappa shape index (κ1) is 28.3. The molecule has 1 rings (SSSR count). The highest BCUT2D eigenvalue weighted by Gasteiger charge is 2.33. The van der Waals surface area contributed by atoms with Gasteiger partial charge in [-0.05, 0) is 44.1 Å². The Bertz CT molecular complexity index is 707. The molecule has 1 fully saturated rings. The number of nitrogens with one attached hydrogen (secondary N) is 4. The Balaban J connectivity index is 2.97. The van der Waals surface area contributed by atoms with Crippen molar-refractivity contribution in [2.24, 2.45) is 11.8 Å². The van der Waals surface area contributed by atoms with Crippen LogP contribution >= 0.6 is 0 Å². The molecule has 6 N–H and O–H groups in total. The van der Waals surface area contributed by atoms with Crippen molar-refractivity contribution in [3.63, 3.8) is 0 Å². The molecule has 1 aliphatic rings. The van der Waals surface area contributed by atoms with Gasteiger partial charge < -0.3 is 31.5 Å². The van der Waals surface area contributed by atoms with Gasteiger partial charge in [0.25, 0.3) is 0 Å². The maximum atomic E-state index is 13.0. The molecule has 0 spiro atoms. The Hall–Kier alpha value is -2.69. The van der Waals surface area contributed by atoms with E-state index >= 15 is 0 Å². The van der Waals surface area contributed by atoms with Gasteiger partial charge in [0.05, 0.1) is 6.04 Å². The lowest BCUT2D eigenvalue weighted by Crippen LogP contribution is -2.58. The highest BCUT2D eigenvalue weighted by atomic mass is 16.4. The molecule has 11 nitrogen and oxygen atoms in total. The lowest BCUT2D eigenvalue weighted by molar-refractivity contribution is -0.143. The molecule has 0 aromatic heterocycles. The van der Waals surface area contributed by atoms with Gasteiger partial charge in [0.2, 0.25) is 17.7 Å². The number of amides is 3. The van der Waals surface area contributed by atoms with Crippen molar-refractivity contribution in [3.05, 3.63) is 0 Å². The van der Waals surface area contributed by atoms with Crippen LogP contribution in [0.5, 0.6) is 0 Å². The number of hydrogen-bond donors (Lipinski definition) is 6. The molecule has 33 heavy (non-hydrogen) atoms. The number of carboxylic acids is 2. The smallest absolute Gasteiger partial charge is 0.326 e. The van der Waals surface area contributed by atoms with Crippen molar-refractivity contribution in [3.8, 4) is 0 Å². The molecule has 188 valence electrons. The molecular formula is C22H38N4O7. The highest BCUT2D eigenvalue weighted by Crippen LogP contribution is 2.12. The maximum absolute atomic E-state index is 13.0. The number of rotatable bonds is 14. The summed E-state index contributed by atoms with van der Waals surface area (Å²) in [6, 6.07) is -3.73. The van der Waals surface area contributed by atoms with Crippen LogP contribution in [0.25, 0.3) is 0 Å². The predicted octanol–water partition coefficient (Wildman–Crippen LogP) is 0.234. The van der Waals surface area contributed by atoms with E-state index in [2.05, 4.69) is 21.3 Å². The predicted molar refractivity (Wildman–Crippen MR) is 120 cm³/mol. The average Bonchev–Trinajstić information content (AvgIpc) is 3.28. The molecule has 1 heterocycles. The molecule has 1 saturated heterocycles. The van der Waals surface area contributed by atoms with Crippen molar-refractivity contribution < 1.29 is 34.2 Å². The summed E-state index contributed by atoms with van der Waals surface area (Å²) in [5.74, 6) is -4.29. The molecule has 0 aromatic rings. The maximum Gasteiger partial charge on any atom is 0.326 e. The topological polar surface area (TPSA) is 174 Å². The first-order valence-corrected chi connectivity index (χ1v) is 11.5. The van der Waals surface area contributed by atoms with Crippen molar-refractivity contribution >= 4 is 29.7 Å². The van der Waals surface area contributed by atoms with Crippen LogP contribution < -0.4 is 21.3 Å². The summed E-state index contributed by atoms with van der Waals surface area (Å²) < 4.78 is 0. The summed E-state index contributed by atoms with van der Waals surface area (Å²) in [6.45, 7) is 7.93. The molecule has 1 aliphatic heterocycles. The molecule has 0 saturated carbocycles. The van der Waals surface area contributed by atoms with Crippen LogP contribution in [-0.2, 0) is 24.0 Å². The molecule has 0 aromatic carbocycles. The van der Waals surface area contributed by atoms with E-state index in [0.29, 0.717) is 19.4 Å². The number of carboxylic acid groups (broad SMARTS) is 2. The van der Waals surface area contributed by atoms with Gasteiger partial charge in [-0.25, -0.2) is 4.79 Å². The summed E-state index contributed by atoms with van der Waals surface area (Å²) in [6.07, 6.45) is 1.71. The summed E-state index contributed by atoms with van der Waals surface area (Å²) >= 11 is 0. The molecule has 3 amide bonds. The van der Waals surface area contributed by atoms with E-state index in [1.807, 2.05) is 20.8 Å². The highest BCUT2D eigenvalue weighted by molar-refractivity contribution is 5.94. The van der Waals surface area contributed by atoms with Gasteiger partial charge in [-0.2, -0.15) is 0 Å². The first-order valence-electron chi connectivity index (χ1n) is 11.5. The Morgan fingerprint density at radius 2 is 1.64 bits per heavy atom. The zero-order valence-corrected chi connectivity index (χ0v) is 19.8. The van der Waals surface area contributed by atoms with E-state index in [1.165, 1.54) is 0 Å². The average molecular weight is 471 g/mol. The van der Waals surface area contributed by atoms with E-state index in [4.69, 9.17) is 5.11 Å².